The number of hydrogen-bond donors (Lipinski definition) is 1. The summed E-state index contributed by atoms with van der Waals surface area (Å²) in [5.74, 6) is 1.72. The third-order valence-corrected chi connectivity index (χ3v) is 4.54. The lowest BCUT2D eigenvalue weighted by atomic mass is 10.1. The van der Waals surface area contributed by atoms with Gasteiger partial charge in [0.1, 0.15) is 5.75 Å². The van der Waals surface area contributed by atoms with Crippen molar-refractivity contribution in [1.29, 1.82) is 0 Å². The van der Waals surface area contributed by atoms with E-state index in [0.29, 0.717) is 4.77 Å². The summed E-state index contributed by atoms with van der Waals surface area (Å²) in [5, 5.41) is 7.37. The van der Waals surface area contributed by atoms with Crippen LogP contribution in [-0.4, -0.2) is 21.4 Å². The van der Waals surface area contributed by atoms with E-state index in [0.717, 1.165) is 36.6 Å². The monoisotopic (exact) mass is 353 g/mol. The number of benzene rings is 2. The normalized spacial score (nSPS) is 12.1. The van der Waals surface area contributed by atoms with E-state index < -0.39 is 0 Å². The Labute approximate surface area is 153 Å². The van der Waals surface area contributed by atoms with Gasteiger partial charge in [0.2, 0.25) is 0 Å². The standard InChI is InChI=1S/C20H23N3OS/c1-3-4-14-24-18-12-10-17(11-13-18)19-21-22-20(25)23(19)15(2)16-8-6-5-7-9-16/h5-13,15H,3-4,14H2,1-2H3,(H,22,25)/t15-/m1/s1. The summed E-state index contributed by atoms with van der Waals surface area (Å²) in [6.45, 7) is 5.04. The summed E-state index contributed by atoms with van der Waals surface area (Å²) >= 11 is 5.47. The van der Waals surface area contributed by atoms with Crippen LogP contribution in [-0.2, 0) is 0 Å². The van der Waals surface area contributed by atoms with E-state index >= 15 is 0 Å². The lowest BCUT2D eigenvalue weighted by Crippen LogP contribution is -2.08. The van der Waals surface area contributed by atoms with Gasteiger partial charge in [-0.25, -0.2) is 0 Å². The van der Waals surface area contributed by atoms with Crippen LogP contribution in [0.1, 0.15) is 38.3 Å². The van der Waals surface area contributed by atoms with E-state index in [2.05, 4.69) is 40.7 Å². The molecule has 1 N–H and O–H groups in total. The van der Waals surface area contributed by atoms with Gasteiger partial charge in [-0.3, -0.25) is 9.67 Å². The quantitative estimate of drug-likeness (QED) is 0.457. The van der Waals surface area contributed by atoms with E-state index in [1.54, 1.807) is 0 Å². The van der Waals surface area contributed by atoms with Gasteiger partial charge < -0.3 is 4.74 Å². The Hall–Kier alpha value is -2.40. The van der Waals surface area contributed by atoms with E-state index in [9.17, 15) is 0 Å². The molecule has 130 valence electrons. The Morgan fingerprint density at radius 1 is 1.12 bits per heavy atom. The van der Waals surface area contributed by atoms with Crippen molar-refractivity contribution in [2.24, 2.45) is 0 Å². The fourth-order valence-electron chi connectivity index (χ4n) is 2.78. The van der Waals surface area contributed by atoms with Crippen LogP contribution in [0.2, 0.25) is 0 Å². The molecule has 0 radical (unpaired) electrons. The van der Waals surface area contributed by atoms with Crippen molar-refractivity contribution in [3.8, 4) is 17.1 Å². The van der Waals surface area contributed by atoms with Crippen molar-refractivity contribution in [2.45, 2.75) is 32.7 Å². The van der Waals surface area contributed by atoms with E-state index in [4.69, 9.17) is 17.0 Å². The first-order chi connectivity index (χ1) is 12.2. The molecule has 0 fully saturated rings. The number of aromatic amines is 1. The minimum absolute atomic E-state index is 0.0999. The van der Waals surface area contributed by atoms with Crippen molar-refractivity contribution < 1.29 is 4.74 Å². The molecule has 25 heavy (non-hydrogen) atoms. The van der Waals surface area contributed by atoms with Gasteiger partial charge >= 0.3 is 0 Å². The molecule has 0 aliphatic heterocycles. The van der Waals surface area contributed by atoms with Crippen molar-refractivity contribution in [2.75, 3.05) is 6.61 Å². The van der Waals surface area contributed by atoms with Crippen molar-refractivity contribution >= 4 is 12.2 Å². The molecule has 5 heteroatoms. The highest BCUT2D eigenvalue weighted by Gasteiger charge is 2.16. The van der Waals surface area contributed by atoms with Crippen LogP contribution in [0, 0.1) is 4.77 Å². The Morgan fingerprint density at radius 3 is 2.52 bits per heavy atom. The smallest absolute Gasteiger partial charge is 0.196 e. The van der Waals surface area contributed by atoms with Crippen LogP contribution in [0.4, 0.5) is 0 Å². The highest BCUT2D eigenvalue weighted by Crippen LogP contribution is 2.26. The first kappa shape index (κ1) is 17.4. The van der Waals surface area contributed by atoms with Crippen molar-refractivity contribution in [3.05, 3.63) is 64.9 Å². The number of H-pyrrole nitrogens is 1. The number of nitrogens with one attached hydrogen (secondary N) is 1. The molecule has 3 aromatic rings. The van der Waals surface area contributed by atoms with E-state index in [1.165, 1.54) is 5.56 Å². The molecule has 0 saturated heterocycles. The Kier molecular flexibility index (Phi) is 5.66. The zero-order valence-electron chi connectivity index (χ0n) is 14.6. The minimum Gasteiger partial charge on any atom is -0.494 e. The van der Waals surface area contributed by atoms with Crippen LogP contribution >= 0.6 is 12.2 Å². The first-order valence-corrected chi connectivity index (χ1v) is 9.06. The molecule has 0 aliphatic rings. The largest absolute Gasteiger partial charge is 0.494 e. The summed E-state index contributed by atoms with van der Waals surface area (Å²) in [6, 6.07) is 18.4. The van der Waals surface area contributed by atoms with Gasteiger partial charge in [-0.05, 0) is 55.4 Å². The molecular weight excluding hydrogens is 330 g/mol. The van der Waals surface area contributed by atoms with Gasteiger partial charge in [-0.15, -0.1) is 0 Å². The third-order valence-electron chi connectivity index (χ3n) is 4.25. The lowest BCUT2D eigenvalue weighted by molar-refractivity contribution is 0.309. The van der Waals surface area contributed by atoms with Gasteiger partial charge in [0, 0.05) is 5.56 Å². The van der Waals surface area contributed by atoms with Crippen LogP contribution < -0.4 is 4.74 Å². The van der Waals surface area contributed by atoms with Gasteiger partial charge in [-0.2, -0.15) is 5.10 Å². The highest BCUT2D eigenvalue weighted by molar-refractivity contribution is 7.71. The first-order valence-electron chi connectivity index (χ1n) is 8.65. The second-order valence-corrected chi connectivity index (χ2v) is 6.42. The second kappa shape index (κ2) is 8.12. The van der Waals surface area contributed by atoms with Crippen LogP contribution in [0.25, 0.3) is 11.4 Å². The topological polar surface area (TPSA) is 42.8 Å². The summed E-state index contributed by atoms with van der Waals surface area (Å²) in [4.78, 5) is 0. The fraction of sp³-hybridized carbons (Fsp3) is 0.300. The Balaban J connectivity index is 1.87. The molecule has 3 rings (SSSR count). The van der Waals surface area contributed by atoms with Crippen molar-refractivity contribution in [3.63, 3.8) is 0 Å². The Bertz CT molecular complexity index is 853. The molecule has 2 aromatic carbocycles. The SMILES string of the molecule is CCCCOc1ccc(-c2n[nH]c(=S)n2[C@H](C)c2ccccc2)cc1. The lowest BCUT2D eigenvalue weighted by Gasteiger charge is -2.16. The van der Waals surface area contributed by atoms with Gasteiger partial charge in [0.05, 0.1) is 12.6 Å². The maximum atomic E-state index is 5.73. The van der Waals surface area contributed by atoms with Gasteiger partial charge in [0.25, 0.3) is 0 Å². The van der Waals surface area contributed by atoms with Crippen LogP contribution in [0.15, 0.2) is 54.6 Å². The molecule has 0 saturated carbocycles. The van der Waals surface area contributed by atoms with E-state index in [1.807, 2.05) is 42.5 Å². The number of nitrogens with zero attached hydrogens (tertiary/aromatic N) is 2. The molecular formula is C20H23N3OS. The van der Waals surface area contributed by atoms with Crippen molar-refractivity contribution in [1.82, 2.24) is 14.8 Å². The highest BCUT2D eigenvalue weighted by atomic mass is 32.1. The Morgan fingerprint density at radius 2 is 1.84 bits per heavy atom. The molecule has 4 nitrogen and oxygen atoms in total. The number of ether oxygens (including phenoxy) is 1. The predicted octanol–water partition coefficient (Wildman–Crippen LogP) is 5.40. The van der Waals surface area contributed by atoms with Gasteiger partial charge in [0.15, 0.2) is 10.6 Å². The number of unbranched alkanes of at least 4 members (excludes halogenated alkanes) is 1. The van der Waals surface area contributed by atoms with Crippen LogP contribution in [0.3, 0.4) is 0 Å². The maximum absolute atomic E-state index is 5.73. The minimum atomic E-state index is 0.0999. The zero-order valence-corrected chi connectivity index (χ0v) is 15.4. The summed E-state index contributed by atoms with van der Waals surface area (Å²) in [7, 11) is 0. The average molecular weight is 353 g/mol. The summed E-state index contributed by atoms with van der Waals surface area (Å²) in [6.07, 6.45) is 2.19. The third kappa shape index (κ3) is 3.99. The molecule has 1 aromatic heterocycles. The molecule has 0 amide bonds. The summed E-state index contributed by atoms with van der Waals surface area (Å²) in [5.41, 5.74) is 2.21. The summed E-state index contributed by atoms with van der Waals surface area (Å²) < 4.78 is 8.41. The number of hydrogen-bond acceptors (Lipinski definition) is 3. The van der Waals surface area contributed by atoms with Crippen LogP contribution in [0.5, 0.6) is 5.75 Å². The number of aromatic nitrogens is 3. The van der Waals surface area contributed by atoms with E-state index in [-0.39, 0.29) is 6.04 Å². The maximum Gasteiger partial charge on any atom is 0.196 e. The molecule has 0 aliphatic carbocycles. The fourth-order valence-corrected chi connectivity index (χ4v) is 3.07. The zero-order chi connectivity index (χ0) is 17.6. The second-order valence-electron chi connectivity index (χ2n) is 6.04. The molecule has 1 heterocycles. The molecule has 0 unspecified atom stereocenters. The molecule has 1 atom stereocenters. The predicted molar refractivity (Wildman–Crippen MR) is 104 cm³/mol. The van der Waals surface area contributed by atoms with Gasteiger partial charge in [-0.1, -0.05) is 43.7 Å². The molecule has 0 bridgehead atoms. The average Bonchev–Trinajstić information content (AvgIpc) is 3.04. The number of rotatable bonds is 7. The molecule has 0 spiro atoms.